The fraction of sp³-hybridized carbons (Fsp3) is 0.231. The van der Waals surface area contributed by atoms with Crippen molar-refractivity contribution >= 4 is 23.4 Å². The molecular weight excluding hydrogens is 230 g/mol. The van der Waals surface area contributed by atoms with E-state index in [1.54, 1.807) is 0 Å². The lowest BCUT2D eigenvalue weighted by Gasteiger charge is -2.03. The number of nitrogens with zero attached hydrogens (tertiary/aromatic N) is 3. The maximum atomic E-state index is 11.8. The quantitative estimate of drug-likeness (QED) is 0.340. The maximum absolute atomic E-state index is 11.8. The number of aryl methyl sites for hydroxylation is 2. The Hall–Kier alpha value is -2.30. The summed E-state index contributed by atoms with van der Waals surface area (Å²) in [5, 5.41) is 15.6. The molecule has 0 radical (unpaired) electrons. The van der Waals surface area contributed by atoms with Crippen LogP contribution < -0.4 is 4.85 Å². The third-order valence-corrected chi connectivity index (χ3v) is 3.15. The molecule has 18 heavy (non-hydrogen) atoms. The topological polar surface area (TPSA) is 69.8 Å². The number of carbonyl (C=O) groups is 1. The molecule has 3 rings (SSSR count). The van der Waals surface area contributed by atoms with Gasteiger partial charge in [-0.25, -0.2) is 4.98 Å². The summed E-state index contributed by atoms with van der Waals surface area (Å²) in [6, 6.07) is 3.82. The molecule has 1 aromatic carbocycles. The summed E-state index contributed by atoms with van der Waals surface area (Å²) in [6.07, 6.45) is 6.50. The average Bonchev–Trinajstić information content (AvgIpc) is 2.81. The smallest absolute Gasteiger partial charge is 0.270 e. The second kappa shape index (κ2) is 4.18. The Bertz CT molecular complexity index is 665. The van der Waals surface area contributed by atoms with Crippen molar-refractivity contribution in [3.8, 4) is 0 Å². The normalized spacial score (nSPS) is 14.2. The van der Waals surface area contributed by atoms with E-state index >= 15 is 0 Å². The summed E-state index contributed by atoms with van der Waals surface area (Å²) in [5.74, 6) is 0.252. The van der Waals surface area contributed by atoms with Crippen molar-refractivity contribution < 1.29 is 9.64 Å². The Morgan fingerprint density at radius 2 is 2.06 bits per heavy atom. The molecule has 1 aliphatic carbocycles. The summed E-state index contributed by atoms with van der Waals surface area (Å²) in [6.45, 7) is 0. The van der Waals surface area contributed by atoms with Crippen molar-refractivity contribution in [2.24, 2.45) is 0 Å². The van der Waals surface area contributed by atoms with E-state index in [9.17, 15) is 10.0 Å². The predicted octanol–water partition coefficient (Wildman–Crippen LogP) is 0.964. The van der Waals surface area contributed by atoms with Crippen LogP contribution in [0.2, 0.25) is 0 Å². The van der Waals surface area contributed by atoms with Gasteiger partial charge in [0.05, 0.1) is 0 Å². The lowest BCUT2D eigenvalue weighted by molar-refractivity contribution is -0.643. The summed E-state index contributed by atoms with van der Waals surface area (Å²) in [5.41, 5.74) is 3.59. The molecule has 2 aromatic rings. The summed E-state index contributed by atoms with van der Waals surface area (Å²) < 4.78 is 0. The number of aromatic nitrogens is 3. The molecule has 1 aromatic heterocycles. The molecule has 90 valence electrons. The van der Waals surface area contributed by atoms with Crippen LogP contribution in [0.4, 0.5) is 0 Å². The molecule has 0 unspecified atom stereocenters. The van der Waals surface area contributed by atoms with E-state index in [1.165, 1.54) is 23.3 Å². The first-order valence-corrected chi connectivity index (χ1v) is 5.83. The lowest BCUT2D eigenvalue weighted by atomic mass is 10.1. The molecule has 0 fully saturated rings. The van der Waals surface area contributed by atoms with E-state index in [-0.39, 0.29) is 5.82 Å². The zero-order valence-corrected chi connectivity index (χ0v) is 9.67. The van der Waals surface area contributed by atoms with Gasteiger partial charge in [-0.2, -0.15) is 0 Å². The number of fused-ring (bicyclic) bond motifs is 2. The van der Waals surface area contributed by atoms with Crippen LogP contribution in [0.3, 0.4) is 0 Å². The van der Waals surface area contributed by atoms with Crippen LogP contribution in [0, 0.1) is 5.21 Å². The number of hydrogen-bond donors (Lipinski definition) is 0. The molecule has 0 saturated heterocycles. The minimum Gasteiger partial charge on any atom is -0.594 e. The van der Waals surface area contributed by atoms with Gasteiger partial charge in [0.2, 0.25) is 5.82 Å². The SMILES string of the molecule is O=C/C=C/c1nc2cc3c(cc2[n+]([O-])n1)CCC3. The lowest BCUT2D eigenvalue weighted by Crippen LogP contribution is -2.33. The number of aldehydes is 1. The molecule has 0 amide bonds. The summed E-state index contributed by atoms with van der Waals surface area (Å²) in [7, 11) is 0. The van der Waals surface area contributed by atoms with Crippen molar-refractivity contribution in [1.29, 1.82) is 0 Å². The van der Waals surface area contributed by atoms with Crippen molar-refractivity contribution in [2.45, 2.75) is 19.3 Å². The van der Waals surface area contributed by atoms with Gasteiger partial charge < -0.3 is 5.21 Å². The molecule has 0 N–H and O–H groups in total. The van der Waals surface area contributed by atoms with Crippen LogP contribution >= 0.6 is 0 Å². The number of hydrogen-bond acceptors (Lipinski definition) is 4. The zero-order chi connectivity index (χ0) is 12.5. The van der Waals surface area contributed by atoms with E-state index in [0.29, 0.717) is 22.2 Å². The molecule has 0 bridgehead atoms. The Balaban J connectivity index is 2.20. The van der Waals surface area contributed by atoms with Gasteiger partial charge in [-0.05, 0) is 53.5 Å². The van der Waals surface area contributed by atoms with Gasteiger partial charge in [-0.15, -0.1) is 0 Å². The number of benzene rings is 1. The number of carbonyl (C=O) groups excluding carboxylic acids is 1. The Labute approximate surface area is 103 Å². The van der Waals surface area contributed by atoms with E-state index in [1.807, 2.05) is 12.1 Å². The third-order valence-electron chi connectivity index (χ3n) is 3.15. The highest BCUT2D eigenvalue weighted by atomic mass is 16.5. The monoisotopic (exact) mass is 241 g/mol. The van der Waals surface area contributed by atoms with Gasteiger partial charge >= 0.3 is 0 Å². The summed E-state index contributed by atoms with van der Waals surface area (Å²) in [4.78, 5) is 15.1. The van der Waals surface area contributed by atoms with Crippen molar-refractivity contribution in [3.05, 3.63) is 40.4 Å². The highest BCUT2D eigenvalue weighted by Crippen LogP contribution is 2.24. The highest BCUT2D eigenvalue weighted by Gasteiger charge is 2.17. The molecular formula is C13H11N3O2. The van der Waals surface area contributed by atoms with Crippen LogP contribution in [-0.2, 0) is 17.6 Å². The first-order chi connectivity index (χ1) is 8.78. The summed E-state index contributed by atoms with van der Waals surface area (Å²) >= 11 is 0. The van der Waals surface area contributed by atoms with Gasteiger partial charge in [-0.3, -0.25) is 4.79 Å². The second-order valence-corrected chi connectivity index (χ2v) is 4.30. The first kappa shape index (κ1) is 10.8. The molecule has 1 heterocycles. The molecule has 5 nitrogen and oxygen atoms in total. The van der Waals surface area contributed by atoms with E-state index in [2.05, 4.69) is 10.1 Å². The largest absolute Gasteiger partial charge is 0.594 e. The van der Waals surface area contributed by atoms with Crippen LogP contribution in [0.1, 0.15) is 23.4 Å². The molecule has 5 heteroatoms. The van der Waals surface area contributed by atoms with Crippen LogP contribution in [-0.4, -0.2) is 16.4 Å². The predicted molar refractivity (Wildman–Crippen MR) is 65.6 cm³/mol. The van der Waals surface area contributed by atoms with Crippen LogP contribution in [0.25, 0.3) is 17.1 Å². The van der Waals surface area contributed by atoms with Gasteiger partial charge in [0.15, 0.2) is 0 Å². The molecule has 0 aliphatic heterocycles. The van der Waals surface area contributed by atoms with Gasteiger partial charge in [0.25, 0.3) is 5.52 Å². The van der Waals surface area contributed by atoms with E-state index in [0.717, 1.165) is 19.3 Å². The first-order valence-electron chi connectivity index (χ1n) is 5.83. The zero-order valence-electron chi connectivity index (χ0n) is 9.67. The van der Waals surface area contributed by atoms with E-state index in [4.69, 9.17) is 0 Å². The standard InChI is InChI=1S/C13H11N3O2/c17-6-2-5-13-14-11-7-9-3-1-4-10(9)8-12(11)16(18)15-13/h2,5-8H,1,3-4H2/b5-2+. The molecule has 1 aliphatic rings. The van der Waals surface area contributed by atoms with E-state index < -0.39 is 0 Å². The minimum absolute atomic E-state index is 0.252. The fourth-order valence-electron chi connectivity index (χ4n) is 2.33. The Morgan fingerprint density at radius 3 is 2.83 bits per heavy atom. The Kier molecular flexibility index (Phi) is 2.51. The third kappa shape index (κ3) is 1.73. The average molecular weight is 241 g/mol. The van der Waals surface area contributed by atoms with Gasteiger partial charge in [0, 0.05) is 11.2 Å². The van der Waals surface area contributed by atoms with Gasteiger partial charge in [-0.1, -0.05) is 0 Å². The van der Waals surface area contributed by atoms with Crippen molar-refractivity contribution in [2.75, 3.05) is 0 Å². The maximum Gasteiger partial charge on any atom is 0.270 e. The van der Waals surface area contributed by atoms with Crippen molar-refractivity contribution in [3.63, 3.8) is 0 Å². The molecule has 0 saturated carbocycles. The number of rotatable bonds is 2. The second-order valence-electron chi connectivity index (χ2n) is 4.30. The fourth-order valence-corrected chi connectivity index (χ4v) is 2.33. The number of allylic oxidation sites excluding steroid dienone is 1. The molecule has 0 spiro atoms. The van der Waals surface area contributed by atoms with Crippen molar-refractivity contribution in [1.82, 2.24) is 10.1 Å². The van der Waals surface area contributed by atoms with Gasteiger partial charge in [0.1, 0.15) is 11.8 Å². The minimum atomic E-state index is 0.252. The molecule has 0 atom stereocenters. The van der Waals surface area contributed by atoms with Crippen LogP contribution in [0.5, 0.6) is 0 Å². The highest BCUT2D eigenvalue weighted by molar-refractivity contribution is 5.76. The van der Waals surface area contributed by atoms with Crippen LogP contribution in [0.15, 0.2) is 18.2 Å². The Morgan fingerprint density at radius 1 is 1.28 bits per heavy atom.